The molecule has 0 spiro atoms. The summed E-state index contributed by atoms with van der Waals surface area (Å²) in [5.74, 6) is 1.00. The van der Waals surface area contributed by atoms with Gasteiger partial charge in [-0.25, -0.2) is 9.97 Å². The van der Waals surface area contributed by atoms with Crippen LogP contribution in [0.15, 0.2) is 17.8 Å². The fourth-order valence-electron chi connectivity index (χ4n) is 1.59. The first-order chi connectivity index (χ1) is 8.24. The van der Waals surface area contributed by atoms with Gasteiger partial charge in [-0.1, -0.05) is 0 Å². The Balaban J connectivity index is 2.11. The van der Waals surface area contributed by atoms with Gasteiger partial charge in [-0.15, -0.1) is 11.3 Å². The summed E-state index contributed by atoms with van der Waals surface area (Å²) in [5.41, 5.74) is 2.89. The molecule has 0 aliphatic heterocycles. The zero-order valence-electron chi connectivity index (χ0n) is 8.76. The second-order valence-electron chi connectivity index (χ2n) is 3.92. The lowest BCUT2D eigenvalue weighted by molar-refractivity contribution is 0.107. The molecule has 0 amide bonds. The first-order valence-electron chi connectivity index (χ1n) is 5.21. The standard InChI is InChI=1S/C11H8ClN3OS/c12-10(16)8-3-7(6-1-2-6)14-11(15-8)9-4-13-5-17-9/h3-6H,1-2H2. The third-order valence-corrected chi connectivity index (χ3v) is 3.56. The summed E-state index contributed by atoms with van der Waals surface area (Å²) in [6.07, 6.45) is 3.93. The number of thiazole rings is 1. The molecule has 0 aromatic carbocycles. The minimum atomic E-state index is -0.542. The Kier molecular flexibility index (Phi) is 2.64. The molecule has 2 heterocycles. The van der Waals surface area contributed by atoms with Crippen molar-refractivity contribution < 1.29 is 4.79 Å². The van der Waals surface area contributed by atoms with E-state index >= 15 is 0 Å². The van der Waals surface area contributed by atoms with E-state index < -0.39 is 5.24 Å². The largest absolute Gasteiger partial charge is 0.274 e. The molecule has 17 heavy (non-hydrogen) atoms. The summed E-state index contributed by atoms with van der Waals surface area (Å²) < 4.78 is 0. The highest BCUT2D eigenvalue weighted by Crippen LogP contribution is 2.39. The fraction of sp³-hybridized carbons (Fsp3) is 0.273. The predicted molar refractivity (Wildman–Crippen MR) is 65.3 cm³/mol. The van der Waals surface area contributed by atoms with Gasteiger partial charge in [-0.05, 0) is 30.5 Å². The summed E-state index contributed by atoms with van der Waals surface area (Å²) in [7, 11) is 0. The van der Waals surface area contributed by atoms with Crippen molar-refractivity contribution in [2.24, 2.45) is 0 Å². The molecule has 1 aliphatic carbocycles. The topological polar surface area (TPSA) is 55.7 Å². The molecule has 0 N–H and O–H groups in total. The highest BCUT2D eigenvalue weighted by atomic mass is 35.5. The zero-order valence-corrected chi connectivity index (χ0v) is 10.3. The van der Waals surface area contributed by atoms with Crippen LogP contribution in [0.2, 0.25) is 0 Å². The molecule has 3 rings (SSSR count). The van der Waals surface area contributed by atoms with Crippen molar-refractivity contribution in [1.82, 2.24) is 15.0 Å². The maximum atomic E-state index is 11.2. The molecule has 2 aromatic heterocycles. The van der Waals surface area contributed by atoms with E-state index in [0.29, 0.717) is 11.7 Å². The Morgan fingerprint density at radius 3 is 2.82 bits per heavy atom. The van der Waals surface area contributed by atoms with Crippen molar-refractivity contribution in [3.63, 3.8) is 0 Å². The van der Waals surface area contributed by atoms with Gasteiger partial charge in [0.25, 0.3) is 5.24 Å². The average Bonchev–Trinajstić information content (AvgIpc) is 3.04. The quantitative estimate of drug-likeness (QED) is 0.801. The van der Waals surface area contributed by atoms with Gasteiger partial charge < -0.3 is 0 Å². The Labute approximate surface area is 107 Å². The van der Waals surface area contributed by atoms with Crippen molar-refractivity contribution >= 4 is 28.2 Å². The van der Waals surface area contributed by atoms with E-state index in [1.807, 2.05) is 0 Å². The van der Waals surface area contributed by atoms with E-state index in [4.69, 9.17) is 11.6 Å². The Morgan fingerprint density at radius 2 is 2.24 bits per heavy atom. The van der Waals surface area contributed by atoms with E-state index in [2.05, 4.69) is 15.0 Å². The lowest BCUT2D eigenvalue weighted by Gasteiger charge is -2.03. The van der Waals surface area contributed by atoms with Crippen LogP contribution in [0, 0.1) is 0 Å². The lowest BCUT2D eigenvalue weighted by Crippen LogP contribution is -2.01. The number of halogens is 1. The number of carbonyl (C=O) groups is 1. The van der Waals surface area contributed by atoms with Crippen LogP contribution in [0.5, 0.6) is 0 Å². The SMILES string of the molecule is O=C(Cl)c1cc(C2CC2)nc(-c2cncs2)n1. The Bertz CT molecular complexity index is 566. The molecule has 6 heteroatoms. The second kappa shape index (κ2) is 4.16. The number of rotatable bonds is 3. The van der Waals surface area contributed by atoms with Gasteiger partial charge in [0.1, 0.15) is 5.69 Å². The molecule has 2 aromatic rings. The van der Waals surface area contributed by atoms with Crippen LogP contribution in [-0.4, -0.2) is 20.2 Å². The minimum Gasteiger partial charge on any atom is -0.274 e. The molecule has 4 nitrogen and oxygen atoms in total. The second-order valence-corrected chi connectivity index (χ2v) is 5.14. The number of nitrogens with zero attached hydrogens (tertiary/aromatic N) is 3. The molecule has 1 aliphatic rings. The first kappa shape index (κ1) is 10.8. The predicted octanol–water partition coefficient (Wildman–Crippen LogP) is 2.86. The molecule has 0 atom stereocenters. The van der Waals surface area contributed by atoms with Crippen LogP contribution in [-0.2, 0) is 0 Å². The van der Waals surface area contributed by atoms with Crippen LogP contribution < -0.4 is 0 Å². The number of aromatic nitrogens is 3. The van der Waals surface area contributed by atoms with Crippen molar-refractivity contribution in [3.8, 4) is 10.7 Å². The van der Waals surface area contributed by atoms with Crippen LogP contribution in [0.3, 0.4) is 0 Å². The Hall–Kier alpha value is -1.33. The van der Waals surface area contributed by atoms with Crippen molar-refractivity contribution in [1.29, 1.82) is 0 Å². The molecule has 0 saturated heterocycles. The number of carbonyl (C=O) groups excluding carboxylic acids is 1. The smallest absolute Gasteiger partial charge is 0.270 e. The van der Waals surface area contributed by atoms with E-state index in [1.165, 1.54) is 11.3 Å². The fourth-order valence-corrected chi connectivity index (χ4v) is 2.24. The highest BCUT2D eigenvalue weighted by Gasteiger charge is 2.27. The van der Waals surface area contributed by atoms with Crippen molar-refractivity contribution in [3.05, 3.63) is 29.2 Å². The van der Waals surface area contributed by atoms with E-state index in [-0.39, 0.29) is 5.69 Å². The first-order valence-corrected chi connectivity index (χ1v) is 6.47. The highest BCUT2D eigenvalue weighted by molar-refractivity contribution is 7.13. The van der Waals surface area contributed by atoms with E-state index in [0.717, 1.165) is 23.4 Å². The Morgan fingerprint density at radius 1 is 1.41 bits per heavy atom. The van der Waals surface area contributed by atoms with Crippen LogP contribution in [0.1, 0.15) is 34.9 Å². The monoisotopic (exact) mass is 265 g/mol. The van der Waals surface area contributed by atoms with Gasteiger partial charge in [0.2, 0.25) is 0 Å². The third-order valence-electron chi connectivity index (χ3n) is 2.60. The maximum Gasteiger partial charge on any atom is 0.270 e. The summed E-state index contributed by atoms with van der Waals surface area (Å²) >= 11 is 6.94. The van der Waals surface area contributed by atoms with Gasteiger partial charge in [0.05, 0.1) is 10.4 Å². The van der Waals surface area contributed by atoms with Crippen LogP contribution >= 0.6 is 22.9 Å². The zero-order chi connectivity index (χ0) is 11.8. The lowest BCUT2D eigenvalue weighted by atomic mass is 10.2. The molecule has 0 bridgehead atoms. The number of hydrogen-bond donors (Lipinski definition) is 0. The molecule has 0 unspecified atom stereocenters. The molecule has 1 fully saturated rings. The van der Waals surface area contributed by atoms with Crippen LogP contribution in [0.4, 0.5) is 0 Å². The molecule has 1 saturated carbocycles. The molecular formula is C11H8ClN3OS. The molecule has 86 valence electrons. The number of hydrogen-bond acceptors (Lipinski definition) is 5. The molecular weight excluding hydrogens is 258 g/mol. The normalized spacial score (nSPS) is 14.9. The summed E-state index contributed by atoms with van der Waals surface area (Å²) in [5, 5.41) is -0.542. The third kappa shape index (κ3) is 2.21. The summed E-state index contributed by atoms with van der Waals surface area (Å²) in [6.45, 7) is 0. The van der Waals surface area contributed by atoms with E-state index in [1.54, 1.807) is 17.8 Å². The van der Waals surface area contributed by atoms with Gasteiger partial charge in [0, 0.05) is 17.8 Å². The summed E-state index contributed by atoms with van der Waals surface area (Å²) in [4.78, 5) is 24.7. The van der Waals surface area contributed by atoms with Gasteiger partial charge in [0.15, 0.2) is 5.82 Å². The van der Waals surface area contributed by atoms with Gasteiger partial charge in [-0.2, -0.15) is 0 Å². The van der Waals surface area contributed by atoms with E-state index in [9.17, 15) is 4.79 Å². The van der Waals surface area contributed by atoms with Gasteiger partial charge >= 0.3 is 0 Å². The minimum absolute atomic E-state index is 0.270. The average molecular weight is 266 g/mol. The van der Waals surface area contributed by atoms with Crippen molar-refractivity contribution in [2.45, 2.75) is 18.8 Å². The van der Waals surface area contributed by atoms with Gasteiger partial charge in [-0.3, -0.25) is 9.78 Å². The maximum absolute atomic E-state index is 11.2. The molecule has 0 radical (unpaired) electrons. The van der Waals surface area contributed by atoms with Crippen LogP contribution in [0.25, 0.3) is 10.7 Å². The summed E-state index contributed by atoms with van der Waals surface area (Å²) in [6, 6.07) is 1.69. The van der Waals surface area contributed by atoms with Crippen molar-refractivity contribution in [2.75, 3.05) is 0 Å².